The van der Waals surface area contributed by atoms with E-state index in [-0.39, 0.29) is 0 Å². The second-order valence-corrected chi connectivity index (χ2v) is 4.31. The van der Waals surface area contributed by atoms with Crippen molar-refractivity contribution in [2.45, 2.75) is 19.3 Å². The highest BCUT2D eigenvalue weighted by Gasteiger charge is 2.16. The summed E-state index contributed by atoms with van der Waals surface area (Å²) in [6.45, 7) is 1.08. The van der Waals surface area contributed by atoms with Crippen LogP contribution in [0.4, 0.5) is 0 Å². The quantitative estimate of drug-likeness (QED) is 0.794. The first kappa shape index (κ1) is 10.5. The van der Waals surface area contributed by atoms with Crippen LogP contribution in [0.1, 0.15) is 18.4 Å². The minimum absolute atomic E-state index is 0.324. The Kier molecular flexibility index (Phi) is 2.65. The molecule has 0 radical (unpaired) electrons. The van der Waals surface area contributed by atoms with E-state index < -0.39 is 0 Å². The Morgan fingerprint density at radius 3 is 2.82 bits per heavy atom. The zero-order valence-electron chi connectivity index (χ0n) is 9.66. The average molecular weight is 232 g/mol. The molecular weight excluding hydrogens is 216 g/mol. The zero-order chi connectivity index (χ0) is 11.7. The van der Waals surface area contributed by atoms with Gasteiger partial charge in [0.25, 0.3) is 0 Å². The number of aryl methyl sites for hydroxylation is 1. The van der Waals surface area contributed by atoms with Gasteiger partial charge in [-0.1, -0.05) is 0 Å². The van der Waals surface area contributed by atoms with Gasteiger partial charge in [0.05, 0.1) is 0 Å². The van der Waals surface area contributed by atoms with Gasteiger partial charge in [-0.05, 0) is 37.4 Å². The smallest absolute Gasteiger partial charge is 0.231 e. The van der Waals surface area contributed by atoms with Gasteiger partial charge < -0.3 is 20.2 Å². The summed E-state index contributed by atoms with van der Waals surface area (Å²) < 4.78 is 10.8. The van der Waals surface area contributed by atoms with E-state index in [0.29, 0.717) is 6.79 Å². The van der Waals surface area contributed by atoms with E-state index in [1.807, 2.05) is 6.07 Å². The molecule has 3 N–H and O–H groups in total. The lowest BCUT2D eigenvalue weighted by Crippen LogP contribution is -1.98. The van der Waals surface area contributed by atoms with Gasteiger partial charge in [0.2, 0.25) is 6.79 Å². The summed E-state index contributed by atoms with van der Waals surface area (Å²) >= 11 is 0. The first-order valence-electron chi connectivity index (χ1n) is 5.98. The topological polar surface area (TPSA) is 60.3 Å². The van der Waals surface area contributed by atoms with Gasteiger partial charge in [0, 0.05) is 23.2 Å². The number of nitrogens with two attached hydrogens (primary N) is 1. The molecule has 0 atom stereocenters. The van der Waals surface area contributed by atoms with E-state index in [4.69, 9.17) is 15.2 Å². The monoisotopic (exact) mass is 232 g/mol. The molecule has 4 nitrogen and oxygen atoms in total. The standard InChI is InChI=1S/C13H16N2O2/c14-4-2-1-3-9-7-15-11-6-13-12(5-10(9)11)16-8-17-13/h5-7,15H,1-4,8,14H2. The van der Waals surface area contributed by atoms with E-state index in [0.717, 1.165) is 42.8 Å². The van der Waals surface area contributed by atoms with Crippen LogP contribution in [-0.4, -0.2) is 18.3 Å². The predicted octanol–water partition coefficient (Wildman–Crippen LogP) is 2.18. The molecule has 0 saturated carbocycles. The molecule has 1 aliphatic heterocycles. The number of aromatic nitrogens is 1. The molecule has 0 amide bonds. The van der Waals surface area contributed by atoms with Gasteiger partial charge in [-0.2, -0.15) is 0 Å². The Labute approximate surface area is 99.7 Å². The van der Waals surface area contributed by atoms with Gasteiger partial charge in [-0.3, -0.25) is 0 Å². The number of nitrogens with one attached hydrogen (secondary N) is 1. The van der Waals surface area contributed by atoms with Crippen LogP contribution in [0.15, 0.2) is 18.3 Å². The number of rotatable bonds is 4. The lowest BCUT2D eigenvalue weighted by atomic mass is 10.1. The molecule has 0 bridgehead atoms. The van der Waals surface area contributed by atoms with Crippen molar-refractivity contribution in [1.29, 1.82) is 0 Å². The Hall–Kier alpha value is -1.68. The molecule has 1 aromatic carbocycles. The molecule has 0 aliphatic carbocycles. The predicted molar refractivity (Wildman–Crippen MR) is 66.4 cm³/mol. The van der Waals surface area contributed by atoms with Crippen LogP contribution in [0.25, 0.3) is 10.9 Å². The second-order valence-electron chi connectivity index (χ2n) is 4.31. The normalized spacial score (nSPS) is 13.5. The molecule has 0 fully saturated rings. The van der Waals surface area contributed by atoms with Crippen molar-refractivity contribution in [2.75, 3.05) is 13.3 Å². The molecule has 3 rings (SSSR count). The van der Waals surface area contributed by atoms with E-state index in [9.17, 15) is 0 Å². The van der Waals surface area contributed by atoms with E-state index >= 15 is 0 Å². The first-order chi connectivity index (χ1) is 8.38. The highest BCUT2D eigenvalue weighted by Crippen LogP contribution is 2.37. The molecule has 0 spiro atoms. The van der Waals surface area contributed by atoms with Crippen LogP contribution in [0, 0.1) is 0 Å². The van der Waals surface area contributed by atoms with Gasteiger partial charge in [0.15, 0.2) is 11.5 Å². The maximum absolute atomic E-state index is 5.51. The highest BCUT2D eigenvalue weighted by molar-refractivity contribution is 5.86. The van der Waals surface area contributed by atoms with Gasteiger partial charge >= 0.3 is 0 Å². The number of unbranched alkanes of at least 4 members (excludes halogenated alkanes) is 1. The molecule has 1 aromatic heterocycles. The molecule has 1 aliphatic rings. The van der Waals surface area contributed by atoms with Crippen LogP contribution >= 0.6 is 0 Å². The van der Waals surface area contributed by atoms with Crippen molar-refractivity contribution >= 4 is 10.9 Å². The molecule has 17 heavy (non-hydrogen) atoms. The Morgan fingerprint density at radius 1 is 1.18 bits per heavy atom. The Morgan fingerprint density at radius 2 is 2.00 bits per heavy atom. The SMILES string of the molecule is NCCCCc1c[nH]c2cc3c(cc12)OCO3. The van der Waals surface area contributed by atoms with E-state index in [1.165, 1.54) is 10.9 Å². The minimum atomic E-state index is 0.324. The van der Waals surface area contributed by atoms with Crippen LogP contribution in [-0.2, 0) is 6.42 Å². The number of hydrogen-bond acceptors (Lipinski definition) is 3. The lowest BCUT2D eigenvalue weighted by molar-refractivity contribution is 0.174. The number of benzene rings is 1. The van der Waals surface area contributed by atoms with E-state index in [1.54, 1.807) is 0 Å². The van der Waals surface area contributed by atoms with Crippen LogP contribution in [0.2, 0.25) is 0 Å². The summed E-state index contributed by atoms with van der Waals surface area (Å²) in [6.07, 6.45) is 5.31. The number of aromatic amines is 1. The Bertz CT molecular complexity index is 533. The number of ether oxygens (including phenoxy) is 2. The van der Waals surface area contributed by atoms with E-state index in [2.05, 4.69) is 17.2 Å². The molecule has 4 heteroatoms. The molecule has 0 saturated heterocycles. The molecular formula is C13H16N2O2. The first-order valence-corrected chi connectivity index (χ1v) is 5.98. The van der Waals surface area contributed by atoms with Crippen molar-refractivity contribution in [3.05, 3.63) is 23.9 Å². The highest BCUT2D eigenvalue weighted by atomic mass is 16.7. The van der Waals surface area contributed by atoms with Gasteiger partial charge in [-0.15, -0.1) is 0 Å². The fourth-order valence-corrected chi connectivity index (χ4v) is 2.24. The van der Waals surface area contributed by atoms with Crippen LogP contribution < -0.4 is 15.2 Å². The third-order valence-electron chi connectivity index (χ3n) is 3.16. The van der Waals surface area contributed by atoms with Crippen LogP contribution in [0.5, 0.6) is 11.5 Å². The third-order valence-corrected chi connectivity index (χ3v) is 3.16. The summed E-state index contributed by atoms with van der Waals surface area (Å²) in [7, 11) is 0. The Balaban J connectivity index is 1.92. The molecule has 2 aromatic rings. The minimum Gasteiger partial charge on any atom is -0.454 e. The molecule has 90 valence electrons. The summed E-state index contributed by atoms with van der Waals surface area (Å²) in [5.74, 6) is 1.67. The third kappa shape index (κ3) is 1.85. The van der Waals surface area contributed by atoms with Crippen molar-refractivity contribution in [3.63, 3.8) is 0 Å². The maximum Gasteiger partial charge on any atom is 0.231 e. The van der Waals surface area contributed by atoms with Crippen molar-refractivity contribution < 1.29 is 9.47 Å². The largest absolute Gasteiger partial charge is 0.454 e. The number of hydrogen-bond donors (Lipinski definition) is 2. The average Bonchev–Trinajstić information content (AvgIpc) is 2.93. The van der Waals surface area contributed by atoms with Crippen molar-refractivity contribution in [3.8, 4) is 11.5 Å². The van der Waals surface area contributed by atoms with Crippen LogP contribution in [0.3, 0.4) is 0 Å². The lowest BCUT2D eigenvalue weighted by Gasteiger charge is -2.00. The van der Waals surface area contributed by atoms with Gasteiger partial charge in [0.1, 0.15) is 0 Å². The van der Waals surface area contributed by atoms with Gasteiger partial charge in [-0.25, -0.2) is 0 Å². The summed E-state index contributed by atoms with van der Waals surface area (Å²) in [5, 5.41) is 1.23. The van der Waals surface area contributed by atoms with Crippen molar-refractivity contribution in [2.24, 2.45) is 5.73 Å². The second kappa shape index (κ2) is 4.30. The zero-order valence-corrected chi connectivity index (χ0v) is 9.66. The maximum atomic E-state index is 5.51. The summed E-state index contributed by atoms with van der Waals surface area (Å²) in [5.41, 5.74) is 7.94. The van der Waals surface area contributed by atoms with Crippen molar-refractivity contribution in [1.82, 2.24) is 4.98 Å². The summed E-state index contributed by atoms with van der Waals surface area (Å²) in [6, 6.07) is 4.07. The number of H-pyrrole nitrogens is 1. The summed E-state index contributed by atoms with van der Waals surface area (Å²) in [4.78, 5) is 3.28. The fraction of sp³-hybridized carbons (Fsp3) is 0.385. The molecule has 0 unspecified atom stereocenters. The fourth-order valence-electron chi connectivity index (χ4n) is 2.24. The molecule has 2 heterocycles. The number of fused-ring (bicyclic) bond motifs is 2.